The van der Waals surface area contributed by atoms with Crippen LogP contribution in [-0.2, 0) is 17.1 Å². The molecule has 15 heavy (non-hydrogen) atoms. The summed E-state index contributed by atoms with van der Waals surface area (Å²) in [6.45, 7) is 1.26. The fraction of sp³-hybridized carbons (Fsp3) is 0.571. The van der Waals surface area contributed by atoms with Crippen LogP contribution in [0.3, 0.4) is 0 Å². The molecule has 8 heteroatoms. The number of aliphatic hydroxyl groups is 1. The third-order valence-electron chi connectivity index (χ3n) is 1.79. The van der Waals surface area contributed by atoms with E-state index >= 15 is 0 Å². The Kier molecular flexibility index (Phi) is 3.32. The quantitative estimate of drug-likeness (QED) is 0.597. The summed E-state index contributed by atoms with van der Waals surface area (Å²) >= 11 is 0. The molecule has 1 aromatic heterocycles. The fourth-order valence-electron chi connectivity index (χ4n) is 1.12. The number of sulfonamides is 1. The van der Waals surface area contributed by atoms with Gasteiger partial charge in [0, 0.05) is 13.1 Å². The van der Waals surface area contributed by atoms with Crippen LogP contribution in [0.1, 0.15) is 6.92 Å². The molecule has 0 aliphatic carbocycles. The zero-order chi connectivity index (χ0) is 11.6. The maximum atomic E-state index is 11.7. The van der Waals surface area contributed by atoms with Crippen LogP contribution < -0.4 is 10.5 Å². The van der Waals surface area contributed by atoms with Gasteiger partial charge in [-0.2, -0.15) is 0 Å². The number of hydrogen-bond acceptors (Lipinski definition) is 5. The van der Waals surface area contributed by atoms with Crippen molar-refractivity contribution in [3.8, 4) is 0 Å². The topological polar surface area (TPSA) is 110 Å². The first-order chi connectivity index (χ1) is 6.88. The van der Waals surface area contributed by atoms with E-state index in [0.29, 0.717) is 0 Å². The summed E-state index contributed by atoms with van der Waals surface area (Å²) in [6, 6.07) is -0.565. The SMILES string of the molecule is C[C@H](CO)NS(=O)(=O)c1c(N)ncn1C. The molecule has 1 atom stereocenters. The van der Waals surface area contributed by atoms with E-state index in [4.69, 9.17) is 10.8 Å². The Morgan fingerprint density at radius 3 is 2.73 bits per heavy atom. The summed E-state index contributed by atoms with van der Waals surface area (Å²) in [5, 5.41) is 8.66. The molecule has 0 saturated heterocycles. The summed E-state index contributed by atoms with van der Waals surface area (Å²) in [5.74, 6) is -0.0601. The number of nitrogens with one attached hydrogen (secondary N) is 1. The average molecular weight is 234 g/mol. The standard InChI is InChI=1S/C7H14N4O3S/c1-5(3-12)10-15(13,14)7-6(8)9-4-11(7)2/h4-5,10,12H,3,8H2,1-2H3/t5-/m1/s1. The molecule has 4 N–H and O–H groups in total. The molecular weight excluding hydrogens is 220 g/mol. The van der Waals surface area contributed by atoms with Crippen LogP contribution in [0, 0.1) is 0 Å². The minimum Gasteiger partial charge on any atom is -0.395 e. The first kappa shape index (κ1) is 12.0. The third-order valence-corrected chi connectivity index (χ3v) is 3.51. The molecule has 0 aliphatic rings. The van der Waals surface area contributed by atoms with Gasteiger partial charge in [-0.1, -0.05) is 0 Å². The van der Waals surface area contributed by atoms with Gasteiger partial charge < -0.3 is 15.4 Å². The number of aliphatic hydroxyl groups excluding tert-OH is 1. The normalized spacial score (nSPS) is 14.1. The van der Waals surface area contributed by atoms with E-state index in [1.54, 1.807) is 6.92 Å². The Hall–Kier alpha value is -1.12. The first-order valence-electron chi connectivity index (χ1n) is 4.28. The largest absolute Gasteiger partial charge is 0.395 e. The molecule has 1 heterocycles. The molecule has 0 amide bonds. The van der Waals surface area contributed by atoms with Crippen molar-refractivity contribution >= 4 is 15.8 Å². The van der Waals surface area contributed by atoms with Crippen LogP contribution >= 0.6 is 0 Å². The lowest BCUT2D eigenvalue weighted by Crippen LogP contribution is -2.36. The second-order valence-electron chi connectivity index (χ2n) is 3.25. The van der Waals surface area contributed by atoms with E-state index in [1.165, 1.54) is 17.9 Å². The number of nitrogen functional groups attached to an aromatic ring is 1. The maximum absolute atomic E-state index is 11.7. The van der Waals surface area contributed by atoms with E-state index in [-0.39, 0.29) is 17.5 Å². The molecular formula is C7H14N4O3S. The summed E-state index contributed by atoms with van der Waals surface area (Å²) < 4.78 is 27.1. The second-order valence-corrected chi connectivity index (χ2v) is 4.88. The number of imidazole rings is 1. The molecule has 7 nitrogen and oxygen atoms in total. The molecule has 0 bridgehead atoms. The van der Waals surface area contributed by atoms with Crippen molar-refractivity contribution in [2.75, 3.05) is 12.3 Å². The van der Waals surface area contributed by atoms with E-state index in [9.17, 15) is 8.42 Å². The third kappa shape index (κ3) is 2.46. The number of aromatic nitrogens is 2. The molecule has 1 rings (SSSR count). The van der Waals surface area contributed by atoms with Gasteiger partial charge in [-0.25, -0.2) is 18.1 Å². The van der Waals surface area contributed by atoms with E-state index in [2.05, 4.69) is 9.71 Å². The van der Waals surface area contributed by atoms with E-state index in [0.717, 1.165) is 0 Å². The predicted octanol–water partition coefficient (Wildman–Crippen LogP) is -1.34. The van der Waals surface area contributed by atoms with Gasteiger partial charge in [-0.05, 0) is 6.92 Å². The summed E-state index contributed by atoms with van der Waals surface area (Å²) in [5.41, 5.74) is 5.43. The number of nitrogens with two attached hydrogens (primary N) is 1. The van der Waals surface area contributed by atoms with Crippen molar-refractivity contribution < 1.29 is 13.5 Å². The minimum atomic E-state index is -3.72. The van der Waals surface area contributed by atoms with E-state index < -0.39 is 16.1 Å². The van der Waals surface area contributed by atoms with Crippen LogP contribution in [0.2, 0.25) is 0 Å². The predicted molar refractivity (Wildman–Crippen MR) is 54.5 cm³/mol. The summed E-state index contributed by atoms with van der Waals surface area (Å²) in [7, 11) is -2.19. The van der Waals surface area contributed by atoms with E-state index in [1.807, 2.05) is 0 Å². The molecule has 0 unspecified atom stereocenters. The van der Waals surface area contributed by atoms with Gasteiger partial charge in [0.15, 0.2) is 10.8 Å². The van der Waals surface area contributed by atoms with Crippen molar-refractivity contribution in [1.82, 2.24) is 14.3 Å². The summed E-state index contributed by atoms with van der Waals surface area (Å²) in [4.78, 5) is 3.67. The number of anilines is 1. The number of aryl methyl sites for hydroxylation is 1. The van der Waals surface area contributed by atoms with Gasteiger partial charge in [-0.15, -0.1) is 0 Å². The van der Waals surface area contributed by atoms with Gasteiger partial charge in [-0.3, -0.25) is 0 Å². The monoisotopic (exact) mass is 234 g/mol. The molecule has 1 aromatic rings. The fourth-order valence-corrected chi connectivity index (χ4v) is 2.59. The van der Waals surface area contributed by atoms with Crippen LogP contribution in [0.4, 0.5) is 5.82 Å². The average Bonchev–Trinajstić information content (AvgIpc) is 2.45. The maximum Gasteiger partial charge on any atom is 0.260 e. The first-order valence-corrected chi connectivity index (χ1v) is 5.76. The Morgan fingerprint density at radius 1 is 1.73 bits per heavy atom. The van der Waals surface area contributed by atoms with Crippen molar-refractivity contribution in [3.05, 3.63) is 6.33 Å². The van der Waals surface area contributed by atoms with Gasteiger partial charge in [0.1, 0.15) is 0 Å². The highest BCUT2D eigenvalue weighted by atomic mass is 32.2. The van der Waals surface area contributed by atoms with Crippen LogP contribution in [0.5, 0.6) is 0 Å². The number of nitrogens with zero attached hydrogens (tertiary/aromatic N) is 2. The van der Waals surface area contributed by atoms with Crippen molar-refractivity contribution in [2.45, 2.75) is 18.0 Å². The smallest absolute Gasteiger partial charge is 0.260 e. The van der Waals surface area contributed by atoms with Crippen LogP contribution in [-0.4, -0.2) is 35.7 Å². The molecule has 0 aromatic carbocycles. The second kappa shape index (κ2) is 4.17. The Labute approximate surface area is 88.0 Å². The number of hydrogen-bond donors (Lipinski definition) is 3. The van der Waals surface area contributed by atoms with Gasteiger partial charge in [0.25, 0.3) is 10.0 Å². The van der Waals surface area contributed by atoms with Gasteiger partial charge >= 0.3 is 0 Å². The lowest BCUT2D eigenvalue weighted by Gasteiger charge is -2.11. The summed E-state index contributed by atoms with van der Waals surface area (Å²) in [6.07, 6.45) is 1.31. The highest BCUT2D eigenvalue weighted by Gasteiger charge is 2.23. The minimum absolute atomic E-state index is 0.0601. The molecule has 0 saturated carbocycles. The Morgan fingerprint density at radius 2 is 2.33 bits per heavy atom. The molecule has 0 radical (unpaired) electrons. The zero-order valence-corrected chi connectivity index (χ0v) is 9.32. The molecule has 86 valence electrons. The molecule has 0 spiro atoms. The Balaban J connectivity index is 3.07. The van der Waals surface area contributed by atoms with Crippen molar-refractivity contribution in [3.63, 3.8) is 0 Å². The molecule has 0 aliphatic heterocycles. The lowest BCUT2D eigenvalue weighted by atomic mass is 10.4. The van der Waals surface area contributed by atoms with Crippen LogP contribution in [0.25, 0.3) is 0 Å². The van der Waals surface area contributed by atoms with Crippen molar-refractivity contribution in [2.24, 2.45) is 7.05 Å². The van der Waals surface area contributed by atoms with Gasteiger partial charge in [0.05, 0.1) is 12.9 Å². The van der Waals surface area contributed by atoms with Gasteiger partial charge in [0.2, 0.25) is 0 Å². The number of rotatable bonds is 4. The van der Waals surface area contributed by atoms with Crippen molar-refractivity contribution in [1.29, 1.82) is 0 Å². The van der Waals surface area contributed by atoms with Crippen LogP contribution in [0.15, 0.2) is 11.4 Å². The highest BCUT2D eigenvalue weighted by molar-refractivity contribution is 7.89. The molecule has 0 fully saturated rings. The highest BCUT2D eigenvalue weighted by Crippen LogP contribution is 2.15. The Bertz CT molecular complexity index is 420. The zero-order valence-electron chi connectivity index (χ0n) is 8.51. The lowest BCUT2D eigenvalue weighted by molar-refractivity contribution is 0.265.